The summed E-state index contributed by atoms with van der Waals surface area (Å²) in [7, 11) is 0. The molecule has 2 bridgehead atoms. The van der Waals surface area contributed by atoms with E-state index in [9.17, 15) is 71.5 Å². The van der Waals surface area contributed by atoms with Gasteiger partial charge in [0.05, 0.1) is 17.9 Å². The van der Waals surface area contributed by atoms with Crippen molar-refractivity contribution in [2.45, 2.75) is 54.6 Å². The number of hydrogen-bond acceptors (Lipinski definition) is 18. The molecular formula is C45H36O18. The van der Waals surface area contributed by atoms with E-state index in [0.717, 1.165) is 48.5 Å². The van der Waals surface area contributed by atoms with Gasteiger partial charge in [0.1, 0.15) is 70.1 Å². The van der Waals surface area contributed by atoms with Gasteiger partial charge in [0.15, 0.2) is 40.6 Å². The van der Waals surface area contributed by atoms with Crippen LogP contribution in [-0.4, -0.2) is 89.8 Å². The van der Waals surface area contributed by atoms with Crippen LogP contribution >= 0.6 is 0 Å². The quantitative estimate of drug-likeness (QED) is 0.110. The maximum absolute atomic E-state index is 12.7. The van der Waals surface area contributed by atoms with Crippen LogP contribution in [-0.2, 0) is 12.2 Å². The van der Waals surface area contributed by atoms with E-state index in [0.29, 0.717) is 0 Å². The Morgan fingerprint density at radius 3 is 1.67 bits per heavy atom. The van der Waals surface area contributed by atoms with E-state index < -0.39 is 117 Å². The highest BCUT2D eigenvalue weighted by molar-refractivity contribution is 5.72. The van der Waals surface area contributed by atoms with Crippen molar-refractivity contribution in [3.8, 4) is 86.2 Å². The first-order valence-corrected chi connectivity index (χ1v) is 19.3. The van der Waals surface area contributed by atoms with Crippen LogP contribution in [0.4, 0.5) is 0 Å². The van der Waals surface area contributed by atoms with Crippen molar-refractivity contribution in [3.05, 3.63) is 123 Å². The molecule has 0 aromatic heterocycles. The minimum absolute atomic E-state index is 0.0246. The lowest BCUT2D eigenvalue weighted by atomic mass is 9.71. The molecule has 0 saturated carbocycles. The third-order valence-corrected chi connectivity index (χ3v) is 12.2. The number of rotatable bonds is 4. The van der Waals surface area contributed by atoms with Crippen LogP contribution in [0.5, 0.6) is 86.2 Å². The highest BCUT2D eigenvalue weighted by Crippen LogP contribution is 2.65. The molecule has 0 spiro atoms. The van der Waals surface area contributed by atoms with E-state index in [-0.39, 0.29) is 68.2 Å². The molecule has 18 nitrogen and oxygen atoms in total. The molecule has 8 unspecified atom stereocenters. The Hall–Kier alpha value is -7.80. The molecule has 4 aliphatic heterocycles. The predicted molar refractivity (Wildman–Crippen MR) is 212 cm³/mol. The zero-order chi connectivity index (χ0) is 44.5. The Labute approximate surface area is 354 Å². The summed E-state index contributed by atoms with van der Waals surface area (Å²) >= 11 is 0. The Kier molecular flexibility index (Phi) is 8.49. The Morgan fingerprint density at radius 1 is 0.444 bits per heavy atom. The van der Waals surface area contributed by atoms with E-state index >= 15 is 0 Å². The smallest absolute Gasteiger partial charge is 0.305 e. The van der Waals surface area contributed by atoms with Gasteiger partial charge < -0.3 is 90.4 Å². The van der Waals surface area contributed by atoms with Crippen LogP contribution in [0, 0.1) is 0 Å². The summed E-state index contributed by atoms with van der Waals surface area (Å²) in [6.07, 6.45) is -8.09. The summed E-state index contributed by atoms with van der Waals surface area (Å²) in [5, 5.41) is 156. The number of phenolic OH excluding ortho intramolecular Hbond substituents is 11. The molecule has 6 aromatic carbocycles. The third-order valence-electron chi connectivity index (χ3n) is 12.2. The molecule has 324 valence electrons. The topological polar surface area (TPSA) is 320 Å². The zero-order valence-electron chi connectivity index (χ0n) is 32.1. The molecule has 4 heterocycles. The zero-order valence-corrected chi connectivity index (χ0v) is 32.1. The molecule has 63 heavy (non-hydrogen) atoms. The number of ether oxygens (including phenoxy) is 4. The monoisotopic (exact) mass is 864 g/mol. The normalized spacial score (nSPS) is 25.2. The number of benzene rings is 6. The summed E-state index contributed by atoms with van der Waals surface area (Å²) in [5.41, 5.74) is -0.635. The molecule has 0 radical (unpaired) electrons. The van der Waals surface area contributed by atoms with E-state index in [2.05, 4.69) is 0 Å². The van der Waals surface area contributed by atoms with E-state index in [1.54, 1.807) is 0 Å². The highest BCUT2D eigenvalue weighted by Gasteiger charge is 2.61. The molecule has 0 fully saturated rings. The fraction of sp³-hybridized carbons (Fsp3) is 0.200. The predicted octanol–water partition coefficient (Wildman–Crippen LogP) is 4.24. The van der Waals surface area contributed by atoms with Gasteiger partial charge in [0.2, 0.25) is 0 Å². The van der Waals surface area contributed by atoms with E-state index in [1.165, 1.54) is 30.3 Å². The minimum Gasteiger partial charge on any atom is -0.508 e. The van der Waals surface area contributed by atoms with Gasteiger partial charge in [-0.15, -0.1) is 0 Å². The number of phenols is 11. The second kappa shape index (κ2) is 13.6. The van der Waals surface area contributed by atoms with E-state index in [4.69, 9.17) is 18.9 Å². The first-order valence-electron chi connectivity index (χ1n) is 19.3. The van der Waals surface area contributed by atoms with Crippen molar-refractivity contribution < 1.29 is 90.4 Å². The number of hydrogen-bond donors (Lipinski definition) is 14. The van der Waals surface area contributed by atoms with Gasteiger partial charge in [-0.05, 0) is 53.6 Å². The van der Waals surface area contributed by atoms with Crippen LogP contribution in [0.15, 0.2) is 78.9 Å². The molecular weight excluding hydrogens is 828 g/mol. The molecule has 0 aliphatic carbocycles. The molecule has 10 rings (SSSR count). The van der Waals surface area contributed by atoms with Gasteiger partial charge >= 0.3 is 5.79 Å². The highest BCUT2D eigenvalue weighted by atomic mass is 16.7. The third kappa shape index (κ3) is 5.68. The van der Waals surface area contributed by atoms with Crippen molar-refractivity contribution in [3.63, 3.8) is 0 Å². The van der Waals surface area contributed by atoms with Crippen LogP contribution in [0.2, 0.25) is 0 Å². The molecule has 0 saturated heterocycles. The average molecular weight is 865 g/mol. The molecule has 18 heteroatoms. The first kappa shape index (κ1) is 39.3. The SMILES string of the molecule is Oc1cc(O)c2c(c1)OC(c1ccc(O)c(O)c1)C(O)C2c1c(O)cc(O)c2c1OC1(c3ccc(O)c(O)c3)Oc3cc(O)c4c(c3C2C1O)OC(c1ccc(O)c(O)c1)C(O)C4. The summed E-state index contributed by atoms with van der Waals surface area (Å²) in [6.45, 7) is 0. The summed E-state index contributed by atoms with van der Waals surface area (Å²) in [6, 6.07) is 14.8. The molecule has 6 aromatic rings. The lowest BCUT2D eigenvalue weighted by molar-refractivity contribution is -0.219. The Balaban J connectivity index is 1.25. The lowest BCUT2D eigenvalue weighted by Gasteiger charge is -2.51. The number of aliphatic hydroxyl groups is 3. The van der Waals surface area contributed by atoms with E-state index in [1.807, 2.05) is 0 Å². The van der Waals surface area contributed by atoms with Crippen LogP contribution in [0.1, 0.15) is 68.6 Å². The summed E-state index contributed by atoms with van der Waals surface area (Å²) in [5.74, 6) is -12.9. The molecule has 8 atom stereocenters. The number of aliphatic hydroxyl groups excluding tert-OH is 3. The molecule has 14 N–H and O–H groups in total. The second-order valence-electron chi connectivity index (χ2n) is 15.9. The van der Waals surface area contributed by atoms with Gasteiger partial charge in [0.25, 0.3) is 0 Å². The van der Waals surface area contributed by atoms with Crippen LogP contribution in [0.3, 0.4) is 0 Å². The van der Waals surface area contributed by atoms with Gasteiger partial charge in [-0.2, -0.15) is 0 Å². The maximum Gasteiger partial charge on any atom is 0.305 e. The molecule has 0 amide bonds. The van der Waals surface area contributed by atoms with Crippen molar-refractivity contribution in [1.82, 2.24) is 0 Å². The standard InChI is InChI=1S/C45H36O18/c46-18-10-27(54)33-31(11-18)60-41(16-2-5-21(48)25(52)8-16)39(58)37(33)34-28(55)13-29(56)35-38-36-32(62-45(44(38)59,63-43(34)35)17-3-6-22(49)26(53)9-17)14-23(50)19-12-30(57)40(61-42(19)36)15-1-4-20(47)24(51)7-15/h1-11,13-14,30,37-41,44,46-59H,12H2. The van der Waals surface area contributed by atoms with Crippen LogP contribution in [0.25, 0.3) is 0 Å². The summed E-state index contributed by atoms with van der Waals surface area (Å²) in [4.78, 5) is 0. The second-order valence-corrected chi connectivity index (χ2v) is 15.9. The van der Waals surface area contributed by atoms with Gasteiger partial charge in [0, 0.05) is 64.1 Å². The average Bonchev–Trinajstić information content (AvgIpc) is 3.22. The minimum atomic E-state index is -2.50. The number of fused-ring (bicyclic) bond motifs is 9. The Bertz CT molecular complexity index is 2910. The summed E-state index contributed by atoms with van der Waals surface area (Å²) < 4.78 is 25.7. The van der Waals surface area contributed by atoms with Gasteiger partial charge in [-0.1, -0.05) is 12.1 Å². The largest absolute Gasteiger partial charge is 0.508 e. The lowest BCUT2D eigenvalue weighted by Crippen LogP contribution is -2.58. The van der Waals surface area contributed by atoms with Crippen molar-refractivity contribution in [2.24, 2.45) is 0 Å². The first-order chi connectivity index (χ1) is 30.0. The van der Waals surface area contributed by atoms with Crippen molar-refractivity contribution >= 4 is 0 Å². The van der Waals surface area contributed by atoms with Gasteiger partial charge in [-0.3, -0.25) is 0 Å². The van der Waals surface area contributed by atoms with Crippen LogP contribution < -0.4 is 18.9 Å². The van der Waals surface area contributed by atoms with Gasteiger partial charge in [-0.25, -0.2) is 0 Å². The Morgan fingerprint density at radius 2 is 1.03 bits per heavy atom. The van der Waals surface area contributed by atoms with Crippen molar-refractivity contribution in [2.75, 3.05) is 0 Å². The molecule has 4 aliphatic rings. The number of aromatic hydroxyl groups is 11. The maximum atomic E-state index is 12.7. The fourth-order valence-electron chi connectivity index (χ4n) is 9.32. The fourth-order valence-corrected chi connectivity index (χ4v) is 9.32. The van der Waals surface area contributed by atoms with Crippen molar-refractivity contribution in [1.29, 1.82) is 0 Å².